The summed E-state index contributed by atoms with van der Waals surface area (Å²) in [6, 6.07) is 16.5. The molecule has 0 atom stereocenters. The van der Waals surface area contributed by atoms with Crippen molar-refractivity contribution in [3.05, 3.63) is 54.6 Å². The lowest BCUT2D eigenvalue weighted by Crippen LogP contribution is -2.30. The molecule has 3 N–H and O–H groups in total. The van der Waals surface area contributed by atoms with Gasteiger partial charge in [0.1, 0.15) is 0 Å². The number of rotatable bonds is 7. The van der Waals surface area contributed by atoms with E-state index in [1.807, 2.05) is 30.3 Å². The van der Waals surface area contributed by atoms with Crippen LogP contribution in [0.15, 0.2) is 54.6 Å². The smallest absolute Gasteiger partial charge is 0.319 e. The number of sulfonamides is 1. The molecule has 3 rings (SSSR count). The maximum Gasteiger partial charge on any atom is 0.319 e. The minimum absolute atomic E-state index is 0.169. The van der Waals surface area contributed by atoms with Crippen molar-refractivity contribution in [1.29, 1.82) is 0 Å². The molecule has 1 fully saturated rings. The van der Waals surface area contributed by atoms with Gasteiger partial charge in [-0.25, -0.2) is 13.2 Å². The van der Waals surface area contributed by atoms with Crippen LogP contribution < -0.4 is 20.3 Å². The lowest BCUT2D eigenvalue weighted by Gasteiger charge is -2.18. The number of para-hydroxylation sites is 1. The summed E-state index contributed by atoms with van der Waals surface area (Å²) in [6.07, 6.45) is 1.41. The van der Waals surface area contributed by atoms with Crippen LogP contribution in [0.25, 0.3) is 0 Å². The van der Waals surface area contributed by atoms with Crippen LogP contribution >= 0.6 is 0 Å². The zero-order valence-electron chi connectivity index (χ0n) is 15.0. The molecule has 8 heteroatoms. The lowest BCUT2D eigenvalue weighted by molar-refractivity contribution is 0.252. The predicted octanol–water partition coefficient (Wildman–Crippen LogP) is 2.85. The Morgan fingerprint density at radius 2 is 1.78 bits per heavy atom. The van der Waals surface area contributed by atoms with Gasteiger partial charge in [-0.2, -0.15) is 0 Å². The van der Waals surface area contributed by atoms with Gasteiger partial charge in [0.25, 0.3) is 0 Å². The fourth-order valence-electron chi connectivity index (χ4n) is 2.92. The van der Waals surface area contributed by atoms with Gasteiger partial charge < -0.3 is 16.0 Å². The Balaban J connectivity index is 1.43. The molecular weight excluding hydrogens is 364 g/mol. The molecule has 1 heterocycles. The number of amides is 2. The number of urea groups is 1. The summed E-state index contributed by atoms with van der Waals surface area (Å²) in [7, 11) is -3.23. The fourth-order valence-corrected chi connectivity index (χ4v) is 4.48. The van der Waals surface area contributed by atoms with Crippen molar-refractivity contribution in [3.63, 3.8) is 0 Å². The molecule has 1 aliphatic rings. The predicted molar refractivity (Wildman–Crippen MR) is 109 cm³/mol. The van der Waals surface area contributed by atoms with Crippen molar-refractivity contribution in [2.24, 2.45) is 0 Å². The van der Waals surface area contributed by atoms with Crippen molar-refractivity contribution < 1.29 is 13.2 Å². The van der Waals surface area contributed by atoms with Crippen LogP contribution in [0, 0.1) is 0 Å². The normalized spacial score (nSPS) is 15.3. The standard InChI is InChI=1S/C19H24N4O3S/c24-19(21-12-5-11-20-16-7-2-1-3-8-16)22-17-9-4-10-18(15-17)23-13-6-14-27(23,25)26/h1-4,7-10,15,20H,5-6,11-14H2,(H2,21,22,24). The van der Waals surface area contributed by atoms with E-state index >= 15 is 0 Å². The number of benzene rings is 2. The van der Waals surface area contributed by atoms with Gasteiger partial charge in [-0.15, -0.1) is 0 Å². The average Bonchev–Trinajstić information content (AvgIpc) is 3.01. The number of nitrogens with one attached hydrogen (secondary N) is 3. The summed E-state index contributed by atoms with van der Waals surface area (Å²) in [4.78, 5) is 12.0. The average molecular weight is 388 g/mol. The number of nitrogens with zero attached hydrogens (tertiary/aromatic N) is 1. The molecule has 0 saturated carbocycles. The lowest BCUT2D eigenvalue weighted by atomic mass is 10.2. The summed E-state index contributed by atoms with van der Waals surface area (Å²) in [5.74, 6) is 0.169. The first-order chi connectivity index (χ1) is 13.0. The van der Waals surface area contributed by atoms with Gasteiger partial charge in [-0.05, 0) is 43.2 Å². The molecule has 2 aromatic carbocycles. The molecule has 0 bridgehead atoms. The molecule has 2 amide bonds. The van der Waals surface area contributed by atoms with Gasteiger partial charge in [0, 0.05) is 31.0 Å². The molecule has 7 nitrogen and oxygen atoms in total. The second kappa shape index (κ2) is 8.77. The molecule has 0 unspecified atom stereocenters. The van der Waals surface area contributed by atoms with Crippen LogP contribution in [-0.4, -0.2) is 39.8 Å². The van der Waals surface area contributed by atoms with Crippen molar-refractivity contribution >= 4 is 33.1 Å². The van der Waals surface area contributed by atoms with Crippen LogP contribution in [0.2, 0.25) is 0 Å². The van der Waals surface area contributed by atoms with Crippen LogP contribution in [-0.2, 0) is 10.0 Å². The highest BCUT2D eigenvalue weighted by atomic mass is 32.2. The Morgan fingerprint density at radius 1 is 1.00 bits per heavy atom. The monoisotopic (exact) mass is 388 g/mol. The molecule has 144 valence electrons. The highest BCUT2D eigenvalue weighted by Crippen LogP contribution is 2.26. The van der Waals surface area contributed by atoms with Gasteiger partial charge in [-0.3, -0.25) is 4.31 Å². The Bertz CT molecular complexity index is 872. The summed E-state index contributed by atoms with van der Waals surface area (Å²) in [5, 5.41) is 8.83. The van der Waals surface area contributed by atoms with Crippen molar-refractivity contribution in [2.75, 3.05) is 40.3 Å². The second-order valence-corrected chi connectivity index (χ2v) is 8.33. The Kier molecular flexibility index (Phi) is 6.18. The van der Waals surface area contributed by atoms with Crippen molar-refractivity contribution in [1.82, 2.24) is 5.32 Å². The van der Waals surface area contributed by atoms with Gasteiger partial charge in [0.15, 0.2) is 0 Å². The largest absolute Gasteiger partial charge is 0.385 e. The summed E-state index contributed by atoms with van der Waals surface area (Å²) >= 11 is 0. The summed E-state index contributed by atoms with van der Waals surface area (Å²) in [5.41, 5.74) is 2.20. The molecule has 2 aromatic rings. The van der Waals surface area contributed by atoms with E-state index in [0.717, 1.165) is 18.7 Å². The first-order valence-corrected chi connectivity index (χ1v) is 10.6. The fraction of sp³-hybridized carbons (Fsp3) is 0.316. The highest BCUT2D eigenvalue weighted by molar-refractivity contribution is 7.93. The van der Waals surface area contributed by atoms with E-state index in [4.69, 9.17) is 0 Å². The van der Waals surface area contributed by atoms with Crippen LogP contribution in [0.1, 0.15) is 12.8 Å². The first kappa shape index (κ1) is 19.0. The van der Waals surface area contributed by atoms with E-state index in [-0.39, 0.29) is 11.8 Å². The van der Waals surface area contributed by atoms with E-state index in [0.29, 0.717) is 30.9 Å². The molecule has 0 spiro atoms. The van der Waals surface area contributed by atoms with E-state index in [1.165, 1.54) is 4.31 Å². The van der Waals surface area contributed by atoms with Gasteiger partial charge in [-0.1, -0.05) is 24.3 Å². The zero-order valence-corrected chi connectivity index (χ0v) is 15.8. The van der Waals surface area contributed by atoms with E-state index in [9.17, 15) is 13.2 Å². The third-order valence-corrected chi connectivity index (χ3v) is 6.10. The van der Waals surface area contributed by atoms with Gasteiger partial charge >= 0.3 is 6.03 Å². The minimum Gasteiger partial charge on any atom is -0.385 e. The zero-order chi connectivity index (χ0) is 19.1. The molecule has 1 aliphatic heterocycles. The Hall–Kier alpha value is -2.74. The summed E-state index contributed by atoms with van der Waals surface area (Å²) < 4.78 is 25.4. The Morgan fingerprint density at radius 3 is 2.52 bits per heavy atom. The first-order valence-electron chi connectivity index (χ1n) is 8.99. The quantitative estimate of drug-likeness (QED) is 0.636. The van der Waals surface area contributed by atoms with E-state index < -0.39 is 10.0 Å². The molecule has 27 heavy (non-hydrogen) atoms. The van der Waals surface area contributed by atoms with Crippen molar-refractivity contribution in [3.8, 4) is 0 Å². The van der Waals surface area contributed by atoms with Crippen LogP contribution in [0.3, 0.4) is 0 Å². The number of hydrogen-bond donors (Lipinski definition) is 3. The SMILES string of the molecule is O=C(NCCCNc1ccccc1)Nc1cccc(N2CCCS2(=O)=O)c1. The maximum atomic E-state index is 12.0. The number of carbonyl (C=O) groups excluding carboxylic acids is 1. The number of anilines is 3. The second-order valence-electron chi connectivity index (χ2n) is 6.32. The number of hydrogen-bond acceptors (Lipinski definition) is 4. The minimum atomic E-state index is -3.23. The van der Waals surface area contributed by atoms with E-state index in [2.05, 4.69) is 16.0 Å². The van der Waals surface area contributed by atoms with Crippen LogP contribution in [0.5, 0.6) is 0 Å². The Labute approximate surface area is 159 Å². The third-order valence-electron chi connectivity index (χ3n) is 4.23. The van der Waals surface area contributed by atoms with Gasteiger partial charge in [0.2, 0.25) is 10.0 Å². The maximum absolute atomic E-state index is 12.0. The van der Waals surface area contributed by atoms with Crippen molar-refractivity contribution in [2.45, 2.75) is 12.8 Å². The number of carbonyl (C=O) groups is 1. The summed E-state index contributed by atoms with van der Waals surface area (Å²) in [6.45, 7) is 1.77. The molecule has 0 aliphatic carbocycles. The molecule has 0 aromatic heterocycles. The van der Waals surface area contributed by atoms with Crippen LogP contribution in [0.4, 0.5) is 21.9 Å². The molecule has 0 radical (unpaired) electrons. The molecular formula is C19H24N4O3S. The van der Waals surface area contributed by atoms with Gasteiger partial charge in [0.05, 0.1) is 11.4 Å². The van der Waals surface area contributed by atoms with E-state index in [1.54, 1.807) is 24.3 Å². The highest BCUT2D eigenvalue weighted by Gasteiger charge is 2.28. The third kappa shape index (κ3) is 5.37. The topological polar surface area (TPSA) is 90.5 Å². The molecule has 1 saturated heterocycles.